The van der Waals surface area contributed by atoms with Crippen molar-refractivity contribution in [1.29, 1.82) is 0 Å². The number of rotatable bonds is 6. The van der Waals surface area contributed by atoms with Crippen LogP contribution in [0.4, 0.5) is 11.4 Å². The summed E-state index contributed by atoms with van der Waals surface area (Å²) in [4.78, 5) is 52.8. The normalized spacial score (nSPS) is 12.9. The first-order valence-electron chi connectivity index (χ1n) is 38.7. The van der Waals surface area contributed by atoms with Gasteiger partial charge in [0.15, 0.2) is 21.7 Å². The zero-order valence-electron chi connectivity index (χ0n) is 65.5. The molecule has 2 aliphatic rings. The molecule has 0 amide bonds. The summed E-state index contributed by atoms with van der Waals surface area (Å²) in [7, 11) is 9.86. The van der Waals surface area contributed by atoms with E-state index in [1.54, 1.807) is 72.8 Å². The van der Waals surface area contributed by atoms with Gasteiger partial charge in [-0.25, -0.2) is 0 Å². The molecule has 18 aromatic rings. The lowest BCUT2D eigenvalue weighted by molar-refractivity contribution is -0.269. The number of allylic oxidation sites excluding steroid dienone is 4. The smallest absolute Gasteiger partial charge is 0.197 e. The number of para-hydroxylation sites is 5. The highest BCUT2D eigenvalue weighted by atomic mass is 16.3. The minimum absolute atomic E-state index is 0.00438. The number of fused-ring (bicyclic) bond motifs is 10. The molecule has 1 aliphatic heterocycles. The first kappa shape index (κ1) is 77.4. The van der Waals surface area contributed by atoms with Gasteiger partial charge in [0.05, 0.1) is 50.2 Å². The van der Waals surface area contributed by atoms with Crippen LogP contribution in [0.3, 0.4) is 0 Å². The number of hydrogen-bond donors (Lipinski definition) is 1. The Labute approximate surface area is 683 Å². The molecule has 15 heteroatoms. The summed E-state index contributed by atoms with van der Waals surface area (Å²) >= 11 is 0. The van der Waals surface area contributed by atoms with E-state index < -0.39 is 6.10 Å². The first-order chi connectivity index (χ1) is 57.7. The zero-order valence-corrected chi connectivity index (χ0v) is 65.5. The van der Waals surface area contributed by atoms with Crippen molar-refractivity contribution in [3.8, 4) is 56.4 Å². The van der Waals surface area contributed by atoms with Crippen LogP contribution in [0.5, 0.6) is 23.0 Å². The number of aromatic nitrogens is 4. The van der Waals surface area contributed by atoms with Crippen molar-refractivity contribution >= 4 is 123 Å². The second kappa shape index (κ2) is 33.1. The largest absolute Gasteiger partial charge is 0.872 e. The van der Waals surface area contributed by atoms with E-state index in [1.165, 1.54) is 0 Å². The maximum Gasteiger partial charge on any atom is 0.197 e. The maximum atomic E-state index is 12.7. The highest BCUT2D eigenvalue weighted by Crippen LogP contribution is 2.34. The van der Waals surface area contributed by atoms with E-state index in [0.717, 1.165) is 143 Å². The number of aliphatic hydroxyl groups is 1. The summed E-state index contributed by atoms with van der Waals surface area (Å²) in [6.07, 6.45) is 14.7. The van der Waals surface area contributed by atoms with Gasteiger partial charge in [0.25, 0.3) is 0 Å². The Morgan fingerprint density at radius 1 is 0.294 bits per heavy atom. The molecule has 14 aromatic carbocycles. The molecule has 15 nitrogen and oxygen atoms in total. The fourth-order valence-corrected chi connectivity index (χ4v) is 15.5. The van der Waals surface area contributed by atoms with Crippen LogP contribution in [-0.2, 0) is 28.2 Å². The molecule has 0 fully saturated rings. The fraction of sp³-hybridized carbons (Fsp3) is 0.0577. The van der Waals surface area contributed by atoms with Crippen LogP contribution in [0.15, 0.2) is 365 Å². The van der Waals surface area contributed by atoms with E-state index in [0.29, 0.717) is 21.5 Å². The summed E-state index contributed by atoms with van der Waals surface area (Å²) in [5.41, 5.74) is 18.9. The van der Waals surface area contributed by atoms with Crippen molar-refractivity contribution < 1.29 is 30.6 Å². The number of pyridine rings is 4. The lowest BCUT2D eigenvalue weighted by atomic mass is 10.0. The maximum absolute atomic E-state index is 12.7. The average Bonchev–Trinajstić information content (AvgIpc) is 0.778. The molecule has 1 N–H and O–H groups in total. The monoisotopic (exact) mass is 1550 g/mol. The number of hydrogen-bond acceptors (Lipinski definition) is 11. The van der Waals surface area contributed by atoms with Crippen molar-refractivity contribution in [2.45, 2.75) is 6.10 Å². The van der Waals surface area contributed by atoms with E-state index in [1.807, 2.05) is 334 Å². The summed E-state index contributed by atoms with van der Waals surface area (Å²) in [6, 6.07) is 94.2. The molecule has 0 saturated heterocycles. The van der Waals surface area contributed by atoms with Crippen LogP contribution in [-0.4, -0.2) is 36.5 Å². The Hall–Kier alpha value is -15.6. The highest BCUT2D eigenvalue weighted by molar-refractivity contribution is 5.99. The average molecular weight is 1560 g/mol. The molecule has 0 unspecified atom stereocenters. The summed E-state index contributed by atoms with van der Waals surface area (Å²) in [5.74, 6) is 0.0549. The van der Waals surface area contributed by atoms with Gasteiger partial charge in [-0.05, 0) is 175 Å². The molecule has 0 spiro atoms. The second-order valence-corrected chi connectivity index (χ2v) is 29.3. The fourth-order valence-electron chi connectivity index (χ4n) is 15.5. The van der Waals surface area contributed by atoms with Gasteiger partial charge >= 0.3 is 0 Å². The van der Waals surface area contributed by atoms with Crippen LogP contribution in [0, 0.1) is 0 Å². The molecule has 0 atom stereocenters. The van der Waals surface area contributed by atoms with Crippen LogP contribution < -0.4 is 62.6 Å². The Morgan fingerprint density at radius 2 is 0.613 bits per heavy atom. The lowest BCUT2D eigenvalue weighted by Crippen LogP contribution is -2.32. The standard InChI is InChI=1S/C22H19NO2.C22H17NO2.3C20H15NO2/c2*1-23-20-5-3-2-4-18(20)22(25)19-13-10-16(14-21(19)23)7-6-15-8-11-17(24)12-9-15;3*1-21-18-5-3-2-4-16(18)20(23)17-11-8-14(12-19(17)21)13-6-9-15(22)10-7-13/h2-14,17,24-25H,1H3;2-14,24H,1H3;3*2-12,22H,1H3/p-5/b15-6?,16-7+;7-6+;;;. The molecule has 1 aliphatic carbocycles. The van der Waals surface area contributed by atoms with Crippen molar-refractivity contribution in [3.05, 3.63) is 413 Å². The molecule has 0 radical (unpaired) electrons. The Balaban J connectivity index is 0.000000111. The van der Waals surface area contributed by atoms with E-state index >= 15 is 0 Å². The molecule has 0 saturated carbocycles. The number of aliphatic hydroxyl groups excluding tert-OH is 1. The van der Waals surface area contributed by atoms with Crippen molar-refractivity contribution in [1.82, 2.24) is 18.3 Å². The number of anilines is 2. The van der Waals surface area contributed by atoms with Crippen molar-refractivity contribution in [2.75, 3.05) is 11.9 Å². The quantitative estimate of drug-likeness (QED) is 0.122. The third kappa shape index (κ3) is 15.7. The predicted molar refractivity (Wildman–Crippen MR) is 476 cm³/mol. The zero-order chi connectivity index (χ0) is 82.7. The Bertz CT molecular complexity index is 7140. The molecule has 5 heterocycles. The van der Waals surface area contributed by atoms with Crippen LogP contribution in [0.2, 0.25) is 0 Å². The molecule has 582 valence electrons. The van der Waals surface area contributed by atoms with Crippen LogP contribution >= 0.6 is 0 Å². The first-order valence-corrected chi connectivity index (χ1v) is 38.7. The Morgan fingerprint density at radius 3 is 1.02 bits per heavy atom. The minimum Gasteiger partial charge on any atom is -0.872 e. The second-order valence-electron chi connectivity index (χ2n) is 29.3. The summed E-state index contributed by atoms with van der Waals surface area (Å²) < 4.78 is 8.17. The topological polar surface area (TPSA) is 227 Å². The van der Waals surface area contributed by atoms with Crippen molar-refractivity contribution in [2.24, 2.45) is 28.2 Å². The third-order valence-corrected chi connectivity index (χ3v) is 22.0. The number of aryl methyl sites for hydroxylation is 4. The summed E-state index contributed by atoms with van der Waals surface area (Å²) in [6.45, 7) is 0. The number of benzene rings is 14. The SMILES string of the molecule is CN1c2ccccc2C([O-])=c2cc/c(=C\C=C3C=CC(O)C=C3)cc21.Cn1c2ccccc2c(=O)c2ccc(-c3ccc([O-])cc3)cc21.Cn1c2ccccc2c(=O)c2ccc(-c3ccc([O-])cc3)cc21.Cn1c2ccccc2c(=O)c2ccc(-c3ccc([O-])cc3)cc21.Cn1c2ccccc2c(=O)c2ccc(/C=C/c3ccc([O-])cc3)cc21. The Kier molecular flexibility index (Phi) is 21.5. The third-order valence-electron chi connectivity index (χ3n) is 22.0. The van der Waals surface area contributed by atoms with Gasteiger partial charge in [0.2, 0.25) is 0 Å². The van der Waals surface area contributed by atoms with E-state index in [9.17, 15) is 49.8 Å². The van der Waals surface area contributed by atoms with Gasteiger partial charge in [-0.15, -0.1) is 23.0 Å². The minimum atomic E-state index is -0.499. The highest BCUT2D eigenvalue weighted by Gasteiger charge is 2.18. The molecule has 20 rings (SSSR count). The van der Waals surface area contributed by atoms with E-state index in [-0.39, 0.29) is 50.5 Å². The van der Waals surface area contributed by atoms with Gasteiger partial charge in [-0.2, -0.15) is 0 Å². The van der Waals surface area contributed by atoms with E-state index in [4.69, 9.17) is 0 Å². The van der Waals surface area contributed by atoms with Gasteiger partial charge in [0, 0.05) is 89.7 Å². The van der Waals surface area contributed by atoms with Gasteiger partial charge < -0.3 is 53.8 Å². The molecular weight excluding hydrogens is 1480 g/mol. The van der Waals surface area contributed by atoms with Crippen molar-refractivity contribution in [3.63, 3.8) is 0 Å². The molecule has 0 bridgehead atoms. The number of nitrogens with zero attached hydrogens (tertiary/aromatic N) is 5. The van der Waals surface area contributed by atoms with Gasteiger partial charge in [0.1, 0.15) is 0 Å². The van der Waals surface area contributed by atoms with Crippen LogP contribution in [0.25, 0.3) is 145 Å². The summed E-state index contributed by atoms with van der Waals surface area (Å²) in [5, 5.41) is 74.6. The van der Waals surface area contributed by atoms with Gasteiger partial charge in [-0.3, -0.25) is 19.2 Å². The van der Waals surface area contributed by atoms with Crippen LogP contribution in [0.1, 0.15) is 16.7 Å². The predicted octanol–water partition coefficient (Wildman–Crippen LogP) is 15.7. The lowest BCUT2D eigenvalue weighted by Gasteiger charge is -2.31. The molecular formula is C104H76N5O10-5. The van der Waals surface area contributed by atoms with E-state index in [2.05, 4.69) is 9.47 Å². The molecule has 119 heavy (non-hydrogen) atoms. The van der Waals surface area contributed by atoms with Gasteiger partial charge in [-0.1, -0.05) is 255 Å². The molecule has 4 aromatic heterocycles.